The maximum atomic E-state index is 12.4. The Labute approximate surface area is 128 Å². The van der Waals surface area contributed by atoms with Gasteiger partial charge in [-0.25, -0.2) is 8.42 Å². The fraction of sp³-hybridized carbons (Fsp3) is 0.143. The molecule has 2 aromatic rings. The summed E-state index contributed by atoms with van der Waals surface area (Å²) >= 11 is 3.14. The molecule has 0 aliphatic rings. The van der Waals surface area contributed by atoms with E-state index in [1.165, 1.54) is 0 Å². The average Bonchev–Trinajstić information content (AvgIpc) is 2.47. The highest BCUT2D eigenvalue weighted by Crippen LogP contribution is 2.28. The van der Waals surface area contributed by atoms with Gasteiger partial charge >= 0.3 is 0 Å². The Kier molecular flexibility index (Phi) is 4.35. The molecule has 2 rings (SSSR count). The lowest BCUT2D eigenvalue weighted by molar-refractivity contribution is 0.598. The monoisotopic (exact) mass is 354 g/mol. The third-order valence-corrected chi connectivity index (χ3v) is 5.88. The number of nitrogens with zero attached hydrogens (tertiary/aromatic N) is 2. The largest absolute Gasteiger partial charge is 0.378 e. The van der Waals surface area contributed by atoms with E-state index < -0.39 is 10.0 Å². The molecule has 0 fully saturated rings. The second-order valence-electron chi connectivity index (χ2n) is 4.44. The van der Waals surface area contributed by atoms with Crippen molar-refractivity contribution in [2.24, 2.45) is 0 Å². The zero-order valence-electron chi connectivity index (χ0n) is 11.2. The third-order valence-electron chi connectivity index (χ3n) is 2.82. The van der Waals surface area contributed by atoms with Crippen LogP contribution >= 0.6 is 16.1 Å². The zero-order chi connectivity index (χ0) is 14.8. The summed E-state index contributed by atoms with van der Waals surface area (Å²) in [5.41, 5.74) is 1.56. The number of hydrogen-bond acceptors (Lipinski definition) is 3. The van der Waals surface area contributed by atoms with Crippen LogP contribution in [0, 0.1) is 0 Å². The SMILES string of the molecule is CN(C)c1ccc(N(Br)S(=O)(=O)c2ccccc2)cc1. The van der Waals surface area contributed by atoms with Crippen LogP contribution in [0.25, 0.3) is 0 Å². The van der Waals surface area contributed by atoms with Crippen LogP contribution in [-0.4, -0.2) is 22.5 Å². The molecule has 20 heavy (non-hydrogen) atoms. The molecule has 0 N–H and O–H groups in total. The van der Waals surface area contributed by atoms with Crippen LogP contribution in [0.5, 0.6) is 0 Å². The van der Waals surface area contributed by atoms with Crippen LogP contribution < -0.4 is 8.23 Å². The first-order chi connectivity index (χ1) is 9.43. The van der Waals surface area contributed by atoms with E-state index >= 15 is 0 Å². The molecular weight excluding hydrogens is 340 g/mol. The standard InChI is InChI=1S/C14H15BrN2O2S/c1-16(2)12-8-10-13(11-9-12)17(15)20(18,19)14-6-4-3-5-7-14/h3-11H,1-2H3. The molecule has 0 saturated heterocycles. The Morgan fingerprint density at radius 2 is 1.35 bits per heavy atom. The van der Waals surface area contributed by atoms with E-state index in [1.54, 1.807) is 42.5 Å². The number of rotatable bonds is 4. The van der Waals surface area contributed by atoms with Gasteiger partial charge in [-0.15, -0.1) is 0 Å². The molecule has 0 saturated carbocycles. The average molecular weight is 355 g/mol. The minimum Gasteiger partial charge on any atom is -0.378 e. The van der Waals surface area contributed by atoms with Gasteiger partial charge in [-0.05, 0) is 36.4 Å². The Morgan fingerprint density at radius 3 is 1.85 bits per heavy atom. The van der Waals surface area contributed by atoms with Crippen molar-refractivity contribution in [3.05, 3.63) is 54.6 Å². The summed E-state index contributed by atoms with van der Waals surface area (Å²) in [6.45, 7) is 0. The minimum absolute atomic E-state index is 0.244. The summed E-state index contributed by atoms with van der Waals surface area (Å²) in [6.07, 6.45) is 0. The first-order valence-electron chi connectivity index (χ1n) is 5.96. The second-order valence-corrected chi connectivity index (χ2v) is 7.41. The lowest BCUT2D eigenvalue weighted by Gasteiger charge is -2.18. The highest BCUT2D eigenvalue weighted by Gasteiger charge is 2.22. The van der Waals surface area contributed by atoms with Crippen LogP contribution in [-0.2, 0) is 10.0 Å². The van der Waals surface area contributed by atoms with Crippen LogP contribution in [0.15, 0.2) is 59.5 Å². The van der Waals surface area contributed by atoms with E-state index in [4.69, 9.17) is 0 Å². The van der Waals surface area contributed by atoms with Gasteiger partial charge in [0, 0.05) is 19.8 Å². The topological polar surface area (TPSA) is 40.6 Å². The van der Waals surface area contributed by atoms with Gasteiger partial charge in [0.1, 0.15) is 0 Å². The second kappa shape index (κ2) is 5.85. The van der Waals surface area contributed by atoms with Gasteiger partial charge in [0.2, 0.25) is 0 Å². The summed E-state index contributed by atoms with van der Waals surface area (Å²) in [6, 6.07) is 15.5. The quantitative estimate of drug-likeness (QED) is 0.791. The molecule has 0 aliphatic heterocycles. The molecule has 0 spiro atoms. The highest BCUT2D eigenvalue weighted by atomic mass is 79.9. The Morgan fingerprint density at radius 1 is 0.850 bits per heavy atom. The van der Waals surface area contributed by atoms with Crippen LogP contribution in [0.1, 0.15) is 0 Å². The molecule has 0 heterocycles. The number of hydrogen-bond donors (Lipinski definition) is 0. The van der Waals surface area contributed by atoms with Gasteiger partial charge in [-0.2, -0.15) is 3.33 Å². The zero-order valence-corrected chi connectivity index (χ0v) is 13.6. The fourth-order valence-electron chi connectivity index (χ4n) is 1.69. The summed E-state index contributed by atoms with van der Waals surface area (Å²) in [4.78, 5) is 2.20. The first-order valence-corrected chi connectivity index (χ1v) is 8.11. The van der Waals surface area contributed by atoms with Gasteiger partial charge in [0.25, 0.3) is 10.0 Å². The number of benzene rings is 2. The summed E-state index contributed by atoms with van der Waals surface area (Å²) in [5, 5.41) is 0. The van der Waals surface area contributed by atoms with Gasteiger partial charge in [-0.1, -0.05) is 18.2 Å². The number of sulfonamides is 1. The molecule has 0 unspecified atom stereocenters. The van der Waals surface area contributed by atoms with E-state index in [9.17, 15) is 8.42 Å². The van der Waals surface area contributed by atoms with Crippen LogP contribution in [0.3, 0.4) is 0 Å². The minimum atomic E-state index is -3.59. The third kappa shape index (κ3) is 2.96. The lowest BCUT2D eigenvalue weighted by atomic mass is 10.3. The van der Waals surface area contributed by atoms with E-state index in [1.807, 2.05) is 31.1 Å². The maximum Gasteiger partial charge on any atom is 0.273 e. The Hall–Kier alpha value is -1.53. The van der Waals surface area contributed by atoms with E-state index in [0.29, 0.717) is 5.69 Å². The van der Waals surface area contributed by atoms with Gasteiger partial charge in [0.05, 0.1) is 26.7 Å². The molecule has 0 radical (unpaired) electrons. The molecule has 6 heteroatoms. The first kappa shape index (κ1) is 14.9. The van der Waals surface area contributed by atoms with Gasteiger partial charge in [-0.3, -0.25) is 0 Å². The van der Waals surface area contributed by atoms with Crippen LogP contribution in [0.4, 0.5) is 11.4 Å². The van der Waals surface area contributed by atoms with E-state index in [2.05, 4.69) is 16.1 Å². The maximum absolute atomic E-state index is 12.4. The smallest absolute Gasteiger partial charge is 0.273 e. The van der Waals surface area contributed by atoms with Crippen LogP contribution in [0.2, 0.25) is 0 Å². The molecule has 0 aliphatic carbocycles. The molecule has 4 nitrogen and oxygen atoms in total. The van der Waals surface area contributed by atoms with E-state index in [-0.39, 0.29) is 4.90 Å². The van der Waals surface area contributed by atoms with Crippen molar-refractivity contribution in [3.8, 4) is 0 Å². The lowest BCUT2D eigenvalue weighted by Crippen LogP contribution is -2.20. The van der Waals surface area contributed by atoms with E-state index in [0.717, 1.165) is 9.02 Å². The molecule has 0 bridgehead atoms. The van der Waals surface area contributed by atoms with Crippen molar-refractivity contribution < 1.29 is 8.42 Å². The van der Waals surface area contributed by atoms with Crippen molar-refractivity contribution in [2.75, 3.05) is 22.3 Å². The molecular formula is C14H15BrN2O2S. The number of anilines is 2. The molecule has 0 atom stereocenters. The van der Waals surface area contributed by atoms with Crippen molar-refractivity contribution in [1.29, 1.82) is 0 Å². The normalized spacial score (nSPS) is 11.2. The summed E-state index contributed by atoms with van der Waals surface area (Å²) in [7, 11) is 0.276. The summed E-state index contributed by atoms with van der Waals surface area (Å²) < 4.78 is 25.9. The molecule has 0 amide bonds. The van der Waals surface area contributed by atoms with Crippen molar-refractivity contribution in [2.45, 2.75) is 4.90 Å². The molecule has 0 aromatic heterocycles. The summed E-state index contributed by atoms with van der Waals surface area (Å²) in [5.74, 6) is 0. The Balaban J connectivity index is 2.33. The molecule has 106 valence electrons. The number of halogens is 1. The van der Waals surface area contributed by atoms with Crippen molar-refractivity contribution in [3.63, 3.8) is 0 Å². The predicted octanol–water partition coefficient (Wildman–Crippen LogP) is 3.26. The highest BCUT2D eigenvalue weighted by molar-refractivity contribution is 9.11. The predicted molar refractivity (Wildman–Crippen MR) is 85.8 cm³/mol. The van der Waals surface area contributed by atoms with Crippen molar-refractivity contribution >= 4 is 37.5 Å². The van der Waals surface area contributed by atoms with Gasteiger partial charge < -0.3 is 4.90 Å². The van der Waals surface area contributed by atoms with Gasteiger partial charge in [0.15, 0.2) is 0 Å². The Bertz CT molecular complexity index is 670. The van der Waals surface area contributed by atoms with Crippen molar-refractivity contribution in [1.82, 2.24) is 0 Å². The molecule has 2 aromatic carbocycles. The fourth-order valence-corrected chi connectivity index (χ4v) is 3.52.